The summed E-state index contributed by atoms with van der Waals surface area (Å²) in [7, 11) is 0. The first kappa shape index (κ1) is 21.5. The fourth-order valence-electron chi connectivity index (χ4n) is 5.90. The van der Waals surface area contributed by atoms with Gasteiger partial charge in [0.1, 0.15) is 5.82 Å². The molecule has 1 aliphatic heterocycles. The van der Waals surface area contributed by atoms with Crippen molar-refractivity contribution in [3.63, 3.8) is 0 Å². The van der Waals surface area contributed by atoms with Crippen LogP contribution in [0.3, 0.4) is 0 Å². The Bertz CT molecular complexity index is 1720. The lowest BCUT2D eigenvalue weighted by atomic mass is 9.88. The van der Waals surface area contributed by atoms with Gasteiger partial charge in [-0.05, 0) is 69.3 Å². The zero-order chi connectivity index (χ0) is 24.6. The van der Waals surface area contributed by atoms with Crippen molar-refractivity contribution in [2.45, 2.75) is 52.9 Å². The number of rotatable bonds is 3. The number of fused-ring (bicyclic) bond motifs is 9. The number of hydrogen-bond donors (Lipinski definition) is 1. The lowest BCUT2D eigenvalue weighted by molar-refractivity contribution is 0.787. The topological polar surface area (TPSA) is 53.9 Å². The molecule has 36 heavy (non-hydrogen) atoms. The minimum atomic E-state index is 0.407. The van der Waals surface area contributed by atoms with E-state index in [0.717, 1.165) is 41.9 Å². The number of imidazole rings is 1. The maximum Gasteiger partial charge on any atom is 0.109 e. The fraction of sp³-hybridized carbons (Fsp3) is 0.281. The number of benzene rings is 3. The van der Waals surface area contributed by atoms with E-state index < -0.39 is 0 Å². The molecule has 0 spiro atoms. The highest BCUT2D eigenvalue weighted by Crippen LogP contribution is 2.43. The molecule has 0 amide bonds. The number of nitrogens with one attached hydrogen (secondary N) is 1. The first-order valence-corrected chi connectivity index (χ1v) is 13.1. The number of nitrogens with zero attached hydrogens (tertiary/aromatic N) is 3. The third kappa shape index (κ3) is 3.17. The Morgan fingerprint density at radius 1 is 0.806 bits per heavy atom. The highest BCUT2D eigenvalue weighted by atomic mass is 14.9. The van der Waals surface area contributed by atoms with Crippen LogP contribution >= 0.6 is 0 Å². The molecule has 5 aromatic rings. The smallest absolute Gasteiger partial charge is 0.109 e. The molecule has 4 heteroatoms. The maximum absolute atomic E-state index is 5.06. The van der Waals surface area contributed by atoms with Gasteiger partial charge in [-0.3, -0.25) is 9.98 Å². The summed E-state index contributed by atoms with van der Waals surface area (Å²) < 4.78 is 0. The van der Waals surface area contributed by atoms with Gasteiger partial charge in [-0.15, -0.1) is 0 Å². The second-order valence-corrected chi connectivity index (χ2v) is 10.9. The molecule has 1 aliphatic carbocycles. The molecule has 7 rings (SSSR count). The zero-order valence-corrected chi connectivity index (χ0v) is 21.3. The quantitative estimate of drug-likeness (QED) is 0.272. The van der Waals surface area contributed by atoms with E-state index in [2.05, 4.69) is 80.1 Å². The van der Waals surface area contributed by atoms with Crippen molar-refractivity contribution in [2.24, 2.45) is 10.9 Å². The summed E-state index contributed by atoms with van der Waals surface area (Å²) in [5.74, 6) is 1.94. The van der Waals surface area contributed by atoms with Crippen molar-refractivity contribution >= 4 is 32.9 Å². The van der Waals surface area contributed by atoms with Crippen molar-refractivity contribution < 1.29 is 0 Å². The van der Waals surface area contributed by atoms with Crippen LogP contribution in [0.4, 0.5) is 5.69 Å². The predicted molar refractivity (Wildman–Crippen MR) is 149 cm³/mol. The van der Waals surface area contributed by atoms with Crippen LogP contribution in [-0.4, -0.2) is 20.7 Å². The number of aromatic nitrogens is 3. The van der Waals surface area contributed by atoms with Gasteiger partial charge in [0.25, 0.3) is 0 Å². The molecule has 1 N–H and O–H groups in total. The SMILES string of the molecule is CC(C)C1=Nc2c(c3ccc(-c4ccc5c(c4)CCc4[nH]c(C(C)C)nc4-5)cc3c3ccncc23)C1. The van der Waals surface area contributed by atoms with E-state index in [1.807, 2.05) is 12.4 Å². The molecule has 2 aliphatic rings. The second kappa shape index (κ2) is 7.86. The molecule has 0 atom stereocenters. The maximum atomic E-state index is 5.06. The summed E-state index contributed by atoms with van der Waals surface area (Å²) in [6.07, 6.45) is 6.87. The second-order valence-electron chi connectivity index (χ2n) is 10.9. The third-order valence-corrected chi connectivity index (χ3v) is 7.96. The minimum Gasteiger partial charge on any atom is -0.345 e. The van der Waals surface area contributed by atoms with Crippen LogP contribution in [0.15, 0.2) is 59.9 Å². The number of H-pyrrole nitrogens is 1. The summed E-state index contributed by atoms with van der Waals surface area (Å²) >= 11 is 0. The van der Waals surface area contributed by atoms with Crippen LogP contribution in [0.2, 0.25) is 0 Å². The summed E-state index contributed by atoms with van der Waals surface area (Å²) in [4.78, 5) is 18.0. The number of pyridine rings is 1. The Balaban J connectivity index is 1.36. The molecule has 0 unspecified atom stereocenters. The van der Waals surface area contributed by atoms with Crippen molar-refractivity contribution in [3.8, 4) is 22.4 Å². The van der Waals surface area contributed by atoms with Gasteiger partial charge < -0.3 is 4.98 Å². The number of aryl methyl sites for hydroxylation is 2. The Morgan fingerprint density at radius 2 is 1.64 bits per heavy atom. The molecule has 2 aromatic heterocycles. The molecule has 3 heterocycles. The van der Waals surface area contributed by atoms with Gasteiger partial charge in [0.2, 0.25) is 0 Å². The van der Waals surface area contributed by atoms with Gasteiger partial charge in [-0.25, -0.2) is 4.98 Å². The summed E-state index contributed by atoms with van der Waals surface area (Å²) in [5, 5.41) is 4.99. The van der Waals surface area contributed by atoms with E-state index in [0.29, 0.717) is 11.8 Å². The minimum absolute atomic E-state index is 0.407. The normalized spacial score (nSPS) is 14.4. The highest BCUT2D eigenvalue weighted by Gasteiger charge is 2.24. The molecule has 0 fully saturated rings. The van der Waals surface area contributed by atoms with E-state index >= 15 is 0 Å². The zero-order valence-electron chi connectivity index (χ0n) is 21.3. The van der Waals surface area contributed by atoms with Gasteiger partial charge >= 0.3 is 0 Å². The third-order valence-electron chi connectivity index (χ3n) is 7.96. The van der Waals surface area contributed by atoms with Gasteiger partial charge in [-0.1, -0.05) is 58.0 Å². The average Bonchev–Trinajstić information content (AvgIpc) is 3.54. The van der Waals surface area contributed by atoms with Crippen LogP contribution in [0.1, 0.15) is 56.3 Å². The number of hydrogen-bond acceptors (Lipinski definition) is 3. The largest absolute Gasteiger partial charge is 0.345 e. The highest BCUT2D eigenvalue weighted by molar-refractivity contribution is 6.18. The molecule has 3 aromatic carbocycles. The molecule has 0 saturated heterocycles. The average molecular weight is 471 g/mol. The van der Waals surface area contributed by atoms with Crippen molar-refractivity contribution in [1.29, 1.82) is 0 Å². The fourth-order valence-corrected chi connectivity index (χ4v) is 5.90. The van der Waals surface area contributed by atoms with Gasteiger partial charge in [0, 0.05) is 47.1 Å². The number of aromatic amines is 1. The van der Waals surface area contributed by atoms with E-state index in [1.165, 1.54) is 55.4 Å². The Hall–Kier alpha value is -3.79. The number of aliphatic imine (C=N–C) groups is 1. The van der Waals surface area contributed by atoms with Crippen LogP contribution in [0, 0.1) is 5.92 Å². The van der Waals surface area contributed by atoms with Crippen molar-refractivity contribution in [3.05, 3.63) is 77.5 Å². The molecule has 0 saturated carbocycles. The molecule has 4 nitrogen and oxygen atoms in total. The molecular formula is C32H30N4. The monoisotopic (exact) mass is 470 g/mol. The lowest BCUT2D eigenvalue weighted by Crippen LogP contribution is -2.06. The Kier molecular flexibility index (Phi) is 4.69. The standard InChI is InChI=1S/C32H30N4/c1-17(2)29-15-26-23-9-6-20(14-25(23)24-11-12-33-16-27(24)30(26)34-29)19-5-8-22-21(13-19)7-10-28-31(22)36-32(35-28)18(3)4/h5-6,8-9,11-14,16-18H,7,10,15H2,1-4H3,(H,35,36). The summed E-state index contributed by atoms with van der Waals surface area (Å²) in [6.45, 7) is 8.85. The first-order valence-electron chi connectivity index (χ1n) is 13.1. The molecule has 178 valence electrons. The summed E-state index contributed by atoms with van der Waals surface area (Å²) in [5.41, 5.74) is 11.3. The van der Waals surface area contributed by atoms with Crippen LogP contribution < -0.4 is 0 Å². The van der Waals surface area contributed by atoms with Gasteiger partial charge in [0.15, 0.2) is 0 Å². The molecule has 0 radical (unpaired) electrons. The van der Waals surface area contributed by atoms with E-state index in [9.17, 15) is 0 Å². The Labute approximate surface area is 211 Å². The van der Waals surface area contributed by atoms with Crippen molar-refractivity contribution in [1.82, 2.24) is 15.0 Å². The van der Waals surface area contributed by atoms with E-state index in [1.54, 1.807) is 0 Å². The lowest BCUT2D eigenvalue weighted by Gasteiger charge is -2.17. The first-order chi connectivity index (χ1) is 17.5. The van der Waals surface area contributed by atoms with E-state index in [4.69, 9.17) is 9.98 Å². The Morgan fingerprint density at radius 3 is 2.47 bits per heavy atom. The van der Waals surface area contributed by atoms with Crippen LogP contribution in [-0.2, 0) is 19.3 Å². The van der Waals surface area contributed by atoms with Crippen molar-refractivity contribution in [2.75, 3.05) is 0 Å². The predicted octanol–water partition coefficient (Wildman–Crippen LogP) is 7.95. The van der Waals surface area contributed by atoms with Gasteiger partial charge in [-0.2, -0.15) is 0 Å². The van der Waals surface area contributed by atoms with E-state index in [-0.39, 0.29) is 0 Å². The van der Waals surface area contributed by atoms with Gasteiger partial charge in [0.05, 0.1) is 11.4 Å². The van der Waals surface area contributed by atoms with Crippen LogP contribution in [0.25, 0.3) is 43.9 Å². The summed E-state index contributed by atoms with van der Waals surface area (Å²) in [6, 6.07) is 16.0. The molecular weight excluding hydrogens is 440 g/mol. The molecule has 0 bridgehead atoms. The van der Waals surface area contributed by atoms with Crippen LogP contribution in [0.5, 0.6) is 0 Å².